The van der Waals surface area contributed by atoms with Crippen LogP contribution >= 0.6 is 46.4 Å². The summed E-state index contributed by atoms with van der Waals surface area (Å²) >= 11 is 22.6. The number of nitrogens with one attached hydrogen (secondary N) is 2. The predicted molar refractivity (Wildman–Crippen MR) is 71.1 cm³/mol. The summed E-state index contributed by atoms with van der Waals surface area (Å²) in [5.41, 5.74) is 0. The lowest BCUT2D eigenvalue weighted by Crippen LogP contribution is -2.50. The van der Waals surface area contributed by atoms with Crippen LogP contribution in [-0.2, 0) is 9.59 Å². The molecule has 8 heteroatoms. The monoisotopic (exact) mass is 322 g/mol. The van der Waals surface area contributed by atoms with Gasteiger partial charge in [-0.15, -0.1) is 46.4 Å². The van der Waals surface area contributed by atoms with Crippen molar-refractivity contribution in [1.29, 1.82) is 0 Å². The Bertz CT molecular complexity index is 267. The van der Waals surface area contributed by atoms with Gasteiger partial charge in [0.05, 0.1) is 18.4 Å². The first-order valence-electron chi connectivity index (χ1n) is 4.73. The Morgan fingerprint density at radius 1 is 0.941 bits per heavy atom. The molecule has 100 valence electrons. The first kappa shape index (κ1) is 17.1. The summed E-state index contributed by atoms with van der Waals surface area (Å²) in [7, 11) is 0. The van der Waals surface area contributed by atoms with E-state index in [4.69, 9.17) is 46.4 Å². The third kappa shape index (κ3) is 5.51. The van der Waals surface area contributed by atoms with Gasteiger partial charge in [-0.25, -0.2) is 0 Å². The molecule has 0 aliphatic rings. The zero-order valence-corrected chi connectivity index (χ0v) is 12.5. The van der Waals surface area contributed by atoms with Crippen LogP contribution in [0, 0.1) is 0 Å². The van der Waals surface area contributed by atoms with Crippen LogP contribution < -0.4 is 10.6 Å². The second kappa shape index (κ2) is 6.88. The first-order valence-corrected chi connectivity index (χ1v) is 6.56. The van der Waals surface area contributed by atoms with Crippen molar-refractivity contribution in [3.8, 4) is 0 Å². The molecule has 0 heterocycles. The molecular formula is C9H14Cl4N2O2. The molecule has 4 nitrogen and oxygen atoms in total. The summed E-state index contributed by atoms with van der Waals surface area (Å²) in [4.78, 5) is 20.5. The minimum absolute atomic E-state index is 0.0385. The lowest BCUT2D eigenvalue weighted by Gasteiger charge is -2.21. The molecule has 0 aromatic carbocycles. The third-order valence-corrected chi connectivity index (χ3v) is 3.90. The number of halogens is 4. The molecule has 0 aliphatic carbocycles. The average molecular weight is 324 g/mol. The van der Waals surface area contributed by atoms with Gasteiger partial charge in [0.25, 0.3) is 0 Å². The van der Waals surface area contributed by atoms with Crippen molar-refractivity contribution >= 4 is 58.2 Å². The molecule has 0 aliphatic heterocycles. The fourth-order valence-electron chi connectivity index (χ4n) is 0.695. The van der Waals surface area contributed by atoms with Crippen LogP contribution in [0.2, 0.25) is 0 Å². The van der Waals surface area contributed by atoms with Gasteiger partial charge in [0.15, 0.2) is 0 Å². The number of carbonyl (C=O) groups excluding carboxylic acids is 2. The normalized spacial score (nSPS) is 17.8. The fraction of sp³-hybridized carbons (Fsp3) is 0.778. The standard InChI is InChI=1S/C9H14Cl4N2O2/c1-8(12,3-10)6(16)14-5-15-7(17)9(2,13)4-11/h3-5H2,1-2H3,(H,14,16)(H,15,17)/t8-,9+. The molecule has 0 saturated carbocycles. The summed E-state index contributed by atoms with van der Waals surface area (Å²) < 4.78 is 0. The molecule has 2 N–H and O–H groups in total. The van der Waals surface area contributed by atoms with Crippen LogP contribution in [0.25, 0.3) is 0 Å². The van der Waals surface area contributed by atoms with Gasteiger partial charge in [0.2, 0.25) is 11.8 Å². The minimum atomic E-state index is -1.21. The van der Waals surface area contributed by atoms with E-state index in [2.05, 4.69) is 10.6 Å². The molecule has 0 fully saturated rings. The molecule has 0 radical (unpaired) electrons. The molecule has 2 amide bonds. The average Bonchev–Trinajstić information content (AvgIpc) is 2.28. The summed E-state index contributed by atoms with van der Waals surface area (Å²) in [6.45, 7) is 2.86. The maximum absolute atomic E-state index is 11.5. The molecule has 17 heavy (non-hydrogen) atoms. The van der Waals surface area contributed by atoms with E-state index in [-0.39, 0.29) is 18.4 Å². The molecule has 2 atom stereocenters. The van der Waals surface area contributed by atoms with Crippen molar-refractivity contribution in [3.05, 3.63) is 0 Å². The van der Waals surface area contributed by atoms with Gasteiger partial charge < -0.3 is 10.6 Å². The maximum atomic E-state index is 11.5. The van der Waals surface area contributed by atoms with Gasteiger partial charge in [0, 0.05) is 0 Å². The highest BCUT2D eigenvalue weighted by Gasteiger charge is 2.31. The Balaban J connectivity index is 4.10. The first-order chi connectivity index (χ1) is 7.67. The molecule has 0 rings (SSSR count). The van der Waals surface area contributed by atoms with Crippen LogP contribution in [0.1, 0.15) is 13.8 Å². The van der Waals surface area contributed by atoms with Gasteiger partial charge in [-0.05, 0) is 13.8 Å². The van der Waals surface area contributed by atoms with Crippen molar-refractivity contribution < 1.29 is 9.59 Å². The Kier molecular flexibility index (Phi) is 6.92. The van der Waals surface area contributed by atoms with Crippen molar-refractivity contribution in [2.75, 3.05) is 18.4 Å². The largest absolute Gasteiger partial charge is 0.337 e. The van der Waals surface area contributed by atoms with Gasteiger partial charge in [-0.2, -0.15) is 0 Å². The smallest absolute Gasteiger partial charge is 0.243 e. The Hall–Kier alpha value is 0.1000. The quantitative estimate of drug-likeness (QED) is 0.577. The number of hydrogen-bond acceptors (Lipinski definition) is 2. The highest BCUT2D eigenvalue weighted by molar-refractivity contribution is 6.40. The van der Waals surface area contributed by atoms with E-state index in [1.54, 1.807) is 0 Å². The van der Waals surface area contributed by atoms with E-state index < -0.39 is 21.6 Å². The molecule has 0 saturated heterocycles. The summed E-state index contributed by atoms with van der Waals surface area (Å²) in [6, 6.07) is 0. The number of amides is 2. The number of hydrogen-bond donors (Lipinski definition) is 2. The molecule has 0 spiro atoms. The SMILES string of the molecule is C[C@](Cl)(CCl)C(=O)NCNC(=O)[C@](C)(Cl)CCl. The third-order valence-electron chi connectivity index (χ3n) is 1.95. The number of alkyl halides is 4. The zero-order valence-electron chi connectivity index (χ0n) is 9.45. The molecule has 0 bridgehead atoms. The highest BCUT2D eigenvalue weighted by atomic mass is 35.5. The van der Waals surface area contributed by atoms with Gasteiger partial charge in [-0.1, -0.05) is 0 Å². The Morgan fingerprint density at radius 2 is 1.24 bits per heavy atom. The Labute approximate surface area is 120 Å². The van der Waals surface area contributed by atoms with E-state index in [9.17, 15) is 9.59 Å². The van der Waals surface area contributed by atoms with Crippen molar-refractivity contribution in [2.45, 2.75) is 23.6 Å². The number of rotatable bonds is 6. The minimum Gasteiger partial charge on any atom is -0.337 e. The zero-order chi connectivity index (χ0) is 13.7. The molecule has 0 aromatic heterocycles. The second-order valence-electron chi connectivity index (χ2n) is 3.85. The van der Waals surface area contributed by atoms with E-state index in [1.807, 2.05) is 0 Å². The predicted octanol–water partition coefficient (Wildman–Crippen LogP) is 1.65. The van der Waals surface area contributed by atoms with E-state index in [0.29, 0.717) is 0 Å². The van der Waals surface area contributed by atoms with E-state index in [1.165, 1.54) is 13.8 Å². The van der Waals surface area contributed by atoms with E-state index in [0.717, 1.165) is 0 Å². The lowest BCUT2D eigenvalue weighted by atomic mass is 10.2. The van der Waals surface area contributed by atoms with Gasteiger partial charge in [-0.3, -0.25) is 9.59 Å². The second-order valence-corrected chi connectivity index (χ2v) is 6.05. The van der Waals surface area contributed by atoms with Crippen molar-refractivity contribution in [1.82, 2.24) is 10.6 Å². The molecule has 0 unspecified atom stereocenters. The fourth-order valence-corrected chi connectivity index (χ4v) is 1.07. The number of carbonyl (C=O) groups is 2. The van der Waals surface area contributed by atoms with Gasteiger partial charge >= 0.3 is 0 Å². The lowest BCUT2D eigenvalue weighted by molar-refractivity contribution is -0.124. The van der Waals surface area contributed by atoms with Crippen LogP contribution in [-0.4, -0.2) is 40.0 Å². The molecule has 0 aromatic rings. The summed E-state index contributed by atoms with van der Waals surface area (Å²) in [5, 5.41) is 4.82. The van der Waals surface area contributed by atoms with Crippen LogP contribution in [0.3, 0.4) is 0 Å². The highest BCUT2D eigenvalue weighted by Crippen LogP contribution is 2.16. The topological polar surface area (TPSA) is 58.2 Å². The van der Waals surface area contributed by atoms with Crippen molar-refractivity contribution in [2.24, 2.45) is 0 Å². The summed E-state index contributed by atoms with van der Waals surface area (Å²) in [5.74, 6) is -1.03. The Morgan fingerprint density at radius 3 is 1.47 bits per heavy atom. The van der Waals surface area contributed by atoms with Crippen LogP contribution in [0.15, 0.2) is 0 Å². The van der Waals surface area contributed by atoms with Crippen LogP contribution in [0.4, 0.5) is 0 Å². The van der Waals surface area contributed by atoms with Crippen LogP contribution in [0.5, 0.6) is 0 Å². The maximum Gasteiger partial charge on any atom is 0.243 e. The molecular weight excluding hydrogens is 310 g/mol. The van der Waals surface area contributed by atoms with Gasteiger partial charge in [0.1, 0.15) is 9.75 Å². The van der Waals surface area contributed by atoms with E-state index >= 15 is 0 Å². The summed E-state index contributed by atoms with van der Waals surface area (Å²) in [6.07, 6.45) is 0. The van der Waals surface area contributed by atoms with Crippen molar-refractivity contribution in [3.63, 3.8) is 0 Å².